The van der Waals surface area contributed by atoms with Crippen LogP contribution >= 0.6 is 12.4 Å². The number of benzene rings is 1. The van der Waals surface area contributed by atoms with Crippen LogP contribution in [0, 0.1) is 5.92 Å². The van der Waals surface area contributed by atoms with Gasteiger partial charge in [-0.2, -0.15) is 0 Å². The van der Waals surface area contributed by atoms with Crippen molar-refractivity contribution in [3.05, 3.63) is 29.3 Å². The van der Waals surface area contributed by atoms with E-state index in [1.54, 1.807) is 0 Å². The van der Waals surface area contributed by atoms with Gasteiger partial charge in [0.15, 0.2) is 0 Å². The molecule has 0 spiro atoms. The van der Waals surface area contributed by atoms with Gasteiger partial charge in [0.1, 0.15) is 0 Å². The summed E-state index contributed by atoms with van der Waals surface area (Å²) in [6.07, 6.45) is 9.91. The Kier molecular flexibility index (Phi) is 5.15. The second-order valence-electron chi connectivity index (χ2n) is 7.11. The van der Waals surface area contributed by atoms with Gasteiger partial charge < -0.3 is 10.2 Å². The van der Waals surface area contributed by atoms with E-state index in [2.05, 4.69) is 16.3 Å². The van der Waals surface area contributed by atoms with Gasteiger partial charge in [0.25, 0.3) is 5.91 Å². The molecule has 23 heavy (non-hydrogen) atoms. The van der Waals surface area contributed by atoms with Crippen LogP contribution in [0.5, 0.6) is 0 Å². The summed E-state index contributed by atoms with van der Waals surface area (Å²) in [5.74, 6) is 1.04. The Morgan fingerprint density at radius 2 is 1.91 bits per heavy atom. The smallest absolute Gasteiger partial charge is 0.254 e. The lowest BCUT2D eigenvalue weighted by Crippen LogP contribution is -2.40. The van der Waals surface area contributed by atoms with Crippen molar-refractivity contribution in [2.75, 3.05) is 18.4 Å². The largest absolute Gasteiger partial charge is 0.385 e. The first-order valence-electron chi connectivity index (χ1n) is 9.01. The van der Waals surface area contributed by atoms with Crippen molar-refractivity contribution in [1.82, 2.24) is 4.90 Å². The number of halogens is 1. The van der Waals surface area contributed by atoms with Crippen molar-refractivity contribution >= 4 is 24.0 Å². The van der Waals surface area contributed by atoms with Crippen molar-refractivity contribution in [3.8, 4) is 0 Å². The third-order valence-electron chi connectivity index (χ3n) is 5.83. The number of carbonyl (C=O) groups excluding carboxylic acids is 1. The third-order valence-corrected chi connectivity index (χ3v) is 5.83. The summed E-state index contributed by atoms with van der Waals surface area (Å²) in [6, 6.07) is 6.69. The lowest BCUT2D eigenvalue weighted by Gasteiger charge is -2.31. The highest BCUT2D eigenvalue weighted by atomic mass is 35.5. The van der Waals surface area contributed by atoms with Gasteiger partial charge in [0.05, 0.1) is 0 Å². The monoisotopic (exact) mass is 334 g/mol. The molecule has 1 saturated carbocycles. The van der Waals surface area contributed by atoms with Crippen molar-refractivity contribution in [2.45, 2.75) is 57.4 Å². The Hall–Kier alpha value is -1.22. The molecule has 1 amide bonds. The fourth-order valence-corrected chi connectivity index (χ4v) is 4.74. The number of nitrogens with one attached hydrogen (secondary N) is 1. The molecule has 126 valence electrons. The summed E-state index contributed by atoms with van der Waals surface area (Å²) in [5, 5.41) is 3.44. The lowest BCUT2D eigenvalue weighted by molar-refractivity contribution is 0.0688. The zero-order chi connectivity index (χ0) is 14.9. The Balaban J connectivity index is 0.00000156. The number of amides is 1. The van der Waals surface area contributed by atoms with Crippen molar-refractivity contribution in [3.63, 3.8) is 0 Å². The van der Waals surface area contributed by atoms with E-state index in [1.165, 1.54) is 49.8 Å². The number of likely N-dealkylation sites (tertiary alicyclic amines) is 1. The molecule has 1 saturated heterocycles. The van der Waals surface area contributed by atoms with Gasteiger partial charge in [-0.1, -0.05) is 18.9 Å². The molecule has 1 aliphatic carbocycles. The molecular formula is C19H27ClN2O. The topological polar surface area (TPSA) is 32.3 Å². The van der Waals surface area contributed by atoms with E-state index in [1.807, 2.05) is 12.1 Å². The van der Waals surface area contributed by atoms with Crippen LogP contribution in [0.3, 0.4) is 0 Å². The van der Waals surface area contributed by atoms with Crippen LogP contribution in [0.25, 0.3) is 0 Å². The Morgan fingerprint density at radius 3 is 2.74 bits per heavy atom. The lowest BCUT2D eigenvalue weighted by atomic mass is 9.94. The number of carbonyl (C=O) groups is 1. The van der Waals surface area contributed by atoms with E-state index >= 15 is 0 Å². The molecule has 2 heterocycles. The van der Waals surface area contributed by atoms with Crippen LogP contribution in [-0.4, -0.2) is 29.9 Å². The molecule has 0 aromatic heterocycles. The normalized spacial score (nSPS) is 24.0. The van der Waals surface area contributed by atoms with Gasteiger partial charge in [-0.3, -0.25) is 4.79 Å². The maximum atomic E-state index is 13.2. The number of hydrogen-bond donors (Lipinski definition) is 1. The van der Waals surface area contributed by atoms with Gasteiger partial charge in [-0.25, -0.2) is 0 Å². The molecule has 0 radical (unpaired) electrons. The summed E-state index contributed by atoms with van der Waals surface area (Å²) < 4.78 is 0. The van der Waals surface area contributed by atoms with Crippen molar-refractivity contribution in [1.29, 1.82) is 0 Å². The summed E-state index contributed by atoms with van der Waals surface area (Å²) in [4.78, 5) is 15.4. The number of rotatable bonds is 2. The Bertz CT molecular complexity index is 568. The van der Waals surface area contributed by atoms with Crippen LogP contribution in [0.4, 0.5) is 5.69 Å². The molecule has 4 rings (SSSR count). The molecule has 4 heteroatoms. The molecule has 1 unspecified atom stereocenters. The summed E-state index contributed by atoms with van der Waals surface area (Å²) >= 11 is 0. The summed E-state index contributed by atoms with van der Waals surface area (Å²) in [7, 11) is 0. The first-order chi connectivity index (χ1) is 10.8. The second kappa shape index (κ2) is 7.12. The minimum atomic E-state index is 0. The molecule has 1 N–H and O–H groups in total. The molecule has 1 aromatic rings. The Morgan fingerprint density at radius 1 is 1.09 bits per heavy atom. The van der Waals surface area contributed by atoms with Crippen LogP contribution < -0.4 is 5.32 Å². The first kappa shape index (κ1) is 16.6. The molecule has 1 aromatic carbocycles. The zero-order valence-electron chi connectivity index (χ0n) is 13.7. The van der Waals surface area contributed by atoms with Crippen LogP contribution in [0.1, 0.15) is 60.9 Å². The van der Waals surface area contributed by atoms with E-state index in [9.17, 15) is 4.79 Å². The molecule has 3 nitrogen and oxygen atoms in total. The molecular weight excluding hydrogens is 308 g/mol. The van der Waals surface area contributed by atoms with Gasteiger partial charge in [-0.15, -0.1) is 12.4 Å². The molecule has 3 aliphatic rings. The predicted molar refractivity (Wildman–Crippen MR) is 96.5 cm³/mol. The van der Waals surface area contributed by atoms with E-state index in [4.69, 9.17) is 0 Å². The summed E-state index contributed by atoms with van der Waals surface area (Å²) in [5.41, 5.74) is 3.37. The maximum absolute atomic E-state index is 13.2. The highest BCUT2D eigenvalue weighted by Crippen LogP contribution is 2.37. The van der Waals surface area contributed by atoms with Crippen LogP contribution in [0.2, 0.25) is 0 Å². The van der Waals surface area contributed by atoms with Gasteiger partial charge >= 0.3 is 0 Å². The zero-order valence-corrected chi connectivity index (χ0v) is 14.5. The van der Waals surface area contributed by atoms with E-state index in [0.717, 1.165) is 37.4 Å². The van der Waals surface area contributed by atoms with Gasteiger partial charge in [0.2, 0.25) is 0 Å². The summed E-state index contributed by atoms with van der Waals surface area (Å²) in [6.45, 7) is 1.98. The van der Waals surface area contributed by atoms with Crippen LogP contribution in [-0.2, 0) is 6.42 Å². The standard InChI is InChI=1S/C19H26N2O.ClH/c22-19(16-8-3-10-17-15(16)9-4-12-20-17)21-13-5-11-18(21)14-6-1-2-7-14;/h3,8,10,14,18,20H,1-2,4-7,9,11-13H2;1H. The molecule has 2 aliphatic heterocycles. The fraction of sp³-hybridized carbons (Fsp3) is 0.632. The average Bonchev–Trinajstić information content (AvgIpc) is 3.24. The number of nitrogens with zero attached hydrogens (tertiary/aromatic N) is 1. The molecule has 2 fully saturated rings. The molecule has 1 atom stereocenters. The first-order valence-corrected chi connectivity index (χ1v) is 9.01. The number of fused-ring (bicyclic) bond motifs is 1. The number of hydrogen-bond acceptors (Lipinski definition) is 2. The van der Waals surface area contributed by atoms with E-state index in [0.29, 0.717) is 6.04 Å². The second-order valence-corrected chi connectivity index (χ2v) is 7.11. The van der Waals surface area contributed by atoms with Crippen molar-refractivity contribution < 1.29 is 4.79 Å². The highest BCUT2D eigenvalue weighted by Gasteiger charge is 2.36. The predicted octanol–water partition coefficient (Wildman–Crippen LogP) is 4.26. The van der Waals surface area contributed by atoms with Crippen LogP contribution in [0.15, 0.2) is 18.2 Å². The SMILES string of the molecule is Cl.O=C(c1cccc2c1CCCN2)N1CCCC1C1CCCC1. The fourth-order valence-electron chi connectivity index (χ4n) is 4.74. The maximum Gasteiger partial charge on any atom is 0.254 e. The Labute approximate surface area is 145 Å². The molecule has 0 bridgehead atoms. The minimum absolute atomic E-state index is 0. The highest BCUT2D eigenvalue weighted by molar-refractivity contribution is 5.97. The van der Waals surface area contributed by atoms with E-state index < -0.39 is 0 Å². The van der Waals surface area contributed by atoms with Gasteiger partial charge in [-0.05, 0) is 62.1 Å². The third kappa shape index (κ3) is 3.08. The van der Waals surface area contributed by atoms with Crippen molar-refractivity contribution in [2.24, 2.45) is 5.92 Å². The minimum Gasteiger partial charge on any atom is -0.385 e. The number of anilines is 1. The quantitative estimate of drug-likeness (QED) is 0.876. The van der Waals surface area contributed by atoms with E-state index in [-0.39, 0.29) is 18.3 Å². The van der Waals surface area contributed by atoms with Gasteiger partial charge in [0, 0.05) is 30.4 Å². The average molecular weight is 335 g/mol.